The number of aryl methyl sites for hydroxylation is 2. The summed E-state index contributed by atoms with van der Waals surface area (Å²) in [5.41, 5.74) is 8.48. The summed E-state index contributed by atoms with van der Waals surface area (Å²) in [6, 6.07) is 16.4. The quantitative estimate of drug-likeness (QED) is 0.0742. The van der Waals surface area contributed by atoms with Gasteiger partial charge in [-0.15, -0.1) is 0 Å². The van der Waals surface area contributed by atoms with E-state index in [1.54, 1.807) is 43.5 Å². The summed E-state index contributed by atoms with van der Waals surface area (Å²) in [6.07, 6.45) is 6.06. The van der Waals surface area contributed by atoms with Crippen LogP contribution in [-0.2, 0) is 30.8 Å². The Morgan fingerprint density at radius 1 is 0.968 bits per heavy atom. The molecule has 5 N–H and O–H groups in total. The number of amides is 5. The third-order valence-electron chi connectivity index (χ3n) is 11.0. The Balaban J connectivity index is 0.804. The molecule has 17 nitrogen and oxygen atoms in total. The van der Waals surface area contributed by atoms with Gasteiger partial charge in [-0.2, -0.15) is 4.98 Å². The number of halogens is 1. The van der Waals surface area contributed by atoms with Gasteiger partial charge in [0.1, 0.15) is 23.4 Å². The van der Waals surface area contributed by atoms with E-state index < -0.39 is 45.6 Å². The number of hydrogen-bond donors (Lipinski definition) is 4. The minimum atomic E-state index is -3.50. The number of ether oxygens (including phenoxy) is 2. The first-order valence-corrected chi connectivity index (χ1v) is 22.8. The molecule has 0 radical (unpaired) electrons. The molecule has 326 valence electrons. The Morgan fingerprint density at radius 2 is 1.74 bits per heavy atom. The highest BCUT2D eigenvalue weighted by Gasteiger charge is 2.46. The lowest BCUT2D eigenvalue weighted by Crippen LogP contribution is -2.54. The summed E-state index contributed by atoms with van der Waals surface area (Å²) in [5.74, 6) is -1.51. The summed E-state index contributed by atoms with van der Waals surface area (Å²) in [7, 11) is -3.50. The number of nitrogens with two attached hydrogens (primary N) is 1. The molecule has 3 aliphatic rings. The molecular weight excluding hydrogens is 884 g/mol. The van der Waals surface area contributed by atoms with Gasteiger partial charge in [0.15, 0.2) is 0 Å². The number of primary amides is 1. The molecule has 1 aromatic heterocycles. The van der Waals surface area contributed by atoms with Gasteiger partial charge in [-0.05, 0) is 103 Å². The van der Waals surface area contributed by atoms with Gasteiger partial charge in [-0.3, -0.25) is 34.2 Å². The predicted octanol–water partition coefficient (Wildman–Crippen LogP) is 5.22. The van der Waals surface area contributed by atoms with E-state index in [4.69, 9.17) is 15.2 Å². The van der Waals surface area contributed by atoms with E-state index in [1.165, 1.54) is 10.4 Å². The number of benzene rings is 3. The third kappa shape index (κ3) is 10.3. The molecule has 4 aromatic rings. The standard InChI is InChI=1S/C43H47BrN8O9S/c1-26-8-5-13-32(36(26)38(45)54)48-39-31(44)25-46-43(50-39)47-28-17-19-51(20-18-28)62(58,59)23-22-60-21-4-2-3-9-27-10-6-11-29(24-27)61-34-14-7-12-30-37(34)42(57)52(41(30)56)33-15-16-35(53)49-40(33)55/h5-8,10-14,24-25,28,33H,2-4,9,15-23H2,1H3,(H2,45,54)(H,49,53,55)(H2,46,47,48,50). The zero-order chi connectivity index (χ0) is 44.0. The summed E-state index contributed by atoms with van der Waals surface area (Å²) >= 11 is 3.46. The highest BCUT2D eigenvalue weighted by Crippen LogP contribution is 2.36. The minimum absolute atomic E-state index is 0.0325. The molecular formula is C43H47BrN8O9S. The molecule has 4 heterocycles. The molecule has 62 heavy (non-hydrogen) atoms. The Kier molecular flexibility index (Phi) is 13.9. The van der Waals surface area contributed by atoms with E-state index in [0.29, 0.717) is 65.8 Å². The lowest BCUT2D eigenvalue weighted by atomic mass is 10.0. The lowest BCUT2D eigenvalue weighted by molar-refractivity contribution is -0.136. The second-order valence-corrected chi connectivity index (χ2v) is 18.3. The number of nitrogens with zero attached hydrogens (tertiary/aromatic N) is 4. The van der Waals surface area contributed by atoms with Crippen LogP contribution in [0.15, 0.2) is 71.3 Å². The van der Waals surface area contributed by atoms with E-state index in [0.717, 1.165) is 41.7 Å². The normalized spacial score (nSPS) is 17.2. The van der Waals surface area contributed by atoms with Crippen LogP contribution in [-0.4, -0.2) is 101 Å². The molecule has 5 amide bonds. The van der Waals surface area contributed by atoms with E-state index in [1.807, 2.05) is 24.3 Å². The second kappa shape index (κ2) is 19.5. The van der Waals surface area contributed by atoms with Crippen molar-refractivity contribution in [2.24, 2.45) is 5.73 Å². The number of carbonyl (C=O) groups is 5. The molecule has 2 fully saturated rings. The van der Waals surface area contributed by atoms with Gasteiger partial charge in [0.2, 0.25) is 27.8 Å². The smallest absolute Gasteiger partial charge is 0.266 e. The zero-order valence-corrected chi connectivity index (χ0v) is 36.4. The molecule has 0 spiro atoms. The van der Waals surface area contributed by atoms with Crippen LogP contribution in [0.5, 0.6) is 11.5 Å². The number of nitrogens with one attached hydrogen (secondary N) is 3. The van der Waals surface area contributed by atoms with Crippen molar-refractivity contribution in [3.8, 4) is 11.5 Å². The van der Waals surface area contributed by atoms with Gasteiger partial charge in [0, 0.05) is 38.4 Å². The molecule has 1 unspecified atom stereocenters. The van der Waals surface area contributed by atoms with Crippen LogP contribution >= 0.6 is 15.9 Å². The van der Waals surface area contributed by atoms with Crippen LogP contribution < -0.4 is 26.4 Å². The number of piperidine rings is 2. The van der Waals surface area contributed by atoms with Gasteiger partial charge < -0.3 is 25.8 Å². The minimum Gasteiger partial charge on any atom is -0.456 e. The van der Waals surface area contributed by atoms with Gasteiger partial charge in [0.25, 0.3) is 17.7 Å². The first-order valence-electron chi connectivity index (χ1n) is 20.4. The number of unbranched alkanes of at least 4 members (excludes halogenated alkanes) is 2. The molecule has 3 aliphatic heterocycles. The van der Waals surface area contributed by atoms with Crippen molar-refractivity contribution in [3.05, 3.63) is 99.2 Å². The van der Waals surface area contributed by atoms with E-state index in [-0.39, 0.29) is 48.1 Å². The van der Waals surface area contributed by atoms with Crippen LogP contribution in [0.4, 0.5) is 17.5 Å². The molecule has 7 rings (SSSR count). The van der Waals surface area contributed by atoms with Crippen molar-refractivity contribution in [3.63, 3.8) is 0 Å². The number of hydrogen-bond acceptors (Lipinski definition) is 13. The van der Waals surface area contributed by atoms with Gasteiger partial charge in [0.05, 0.1) is 39.2 Å². The fraction of sp³-hybridized carbons (Fsp3) is 0.372. The van der Waals surface area contributed by atoms with Crippen molar-refractivity contribution < 1.29 is 41.9 Å². The topological polar surface area (TPSA) is 232 Å². The Hall–Kier alpha value is -5.76. The highest BCUT2D eigenvalue weighted by atomic mass is 79.9. The van der Waals surface area contributed by atoms with Gasteiger partial charge in [-0.1, -0.05) is 36.8 Å². The molecule has 0 bridgehead atoms. The highest BCUT2D eigenvalue weighted by molar-refractivity contribution is 9.10. The summed E-state index contributed by atoms with van der Waals surface area (Å²) in [4.78, 5) is 72.7. The fourth-order valence-electron chi connectivity index (χ4n) is 7.78. The monoisotopic (exact) mass is 930 g/mol. The maximum Gasteiger partial charge on any atom is 0.266 e. The van der Waals surface area contributed by atoms with E-state index in [9.17, 15) is 32.4 Å². The SMILES string of the molecule is Cc1cccc(Nc2nc(NC3CCN(S(=O)(=O)CCOCCCCCc4cccc(Oc5cccc6c5C(=O)N(C5CCC(=O)NC5=O)C6=O)c4)CC3)ncc2Br)c1C(N)=O. The molecule has 0 aliphatic carbocycles. The van der Waals surface area contributed by atoms with Crippen molar-refractivity contribution in [2.75, 3.05) is 42.7 Å². The van der Waals surface area contributed by atoms with Crippen molar-refractivity contribution >= 4 is 72.9 Å². The number of rotatable bonds is 18. The lowest BCUT2D eigenvalue weighted by Gasteiger charge is -2.31. The van der Waals surface area contributed by atoms with Crippen molar-refractivity contribution in [2.45, 2.75) is 70.4 Å². The zero-order valence-electron chi connectivity index (χ0n) is 34.0. The fourth-order valence-corrected chi connectivity index (χ4v) is 9.42. The number of anilines is 3. The summed E-state index contributed by atoms with van der Waals surface area (Å²) < 4.78 is 40.2. The summed E-state index contributed by atoms with van der Waals surface area (Å²) in [6.45, 7) is 3.05. The Morgan fingerprint density at radius 3 is 2.52 bits per heavy atom. The van der Waals surface area contributed by atoms with Crippen molar-refractivity contribution in [1.82, 2.24) is 24.5 Å². The first kappa shape index (κ1) is 44.3. The number of fused-ring (bicyclic) bond motifs is 1. The largest absolute Gasteiger partial charge is 0.456 e. The number of sulfonamides is 1. The van der Waals surface area contributed by atoms with Crippen LogP contribution in [0.3, 0.4) is 0 Å². The van der Waals surface area contributed by atoms with Crippen LogP contribution in [0.2, 0.25) is 0 Å². The second-order valence-electron chi connectivity index (χ2n) is 15.3. The van der Waals surface area contributed by atoms with Crippen LogP contribution in [0, 0.1) is 6.92 Å². The Labute approximate surface area is 367 Å². The molecule has 1 atom stereocenters. The average Bonchev–Trinajstić information content (AvgIpc) is 3.49. The molecule has 19 heteroatoms. The van der Waals surface area contributed by atoms with Crippen LogP contribution in [0.25, 0.3) is 0 Å². The van der Waals surface area contributed by atoms with Crippen molar-refractivity contribution in [1.29, 1.82) is 0 Å². The average molecular weight is 932 g/mol. The Bertz CT molecular complexity index is 2500. The first-order chi connectivity index (χ1) is 29.8. The van der Waals surface area contributed by atoms with Gasteiger partial charge in [-0.25, -0.2) is 17.7 Å². The number of carbonyl (C=O) groups excluding carboxylic acids is 5. The van der Waals surface area contributed by atoms with Crippen LogP contribution in [0.1, 0.15) is 87.1 Å². The summed E-state index contributed by atoms with van der Waals surface area (Å²) in [5, 5.41) is 8.68. The van der Waals surface area contributed by atoms with Gasteiger partial charge >= 0.3 is 0 Å². The third-order valence-corrected chi connectivity index (χ3v) is 13.4. The van der Waals surface area contributed by atoms with E-state index in [2.05, 4.69) is 41.8 Å². The number of imide groups is 2. The molecule has 3 aromatic carbocycles. The number of aromatic nitrogens is 2. The maximum atomic E-state index is 13.4. The molecule has 0 saturated carbocycles. The maximum absolute atomic E-state index is 13.4. The molecule has 2 saturated heterocycles. The van der Waals surface area contributed by atoms with E-state index >= 15 is 0 Å². The predicted molar refractivity (Wildman–Crippen MR) is 233 cm³/mol.